The maximum Gasteiger partial charge on any atom is 0.274 e. The summed E-state index contributed by atoms with van der Waals surface area (Å²) < 4.78 is 27.9. The Hall–Kier alpha value is -0.960. The summed E-state index contributed by atoms with van der Waals surface area (Å²) in [6.45, 7) is 2.37. The molecule has 1 aliphatic rings. The third-order valence-electron chi connectivity index (χ3n) is 3.41. The Morgan fingerprint density at radius 1 is 1.10 bits per heavy atom. The fourth-order valence-corrected chi connectivity index (χ4v) is 5.90. The first-order chi connectivity index (χ1) is 10.1. The summed E-state index contributed by atoms with van der Waals surface area (Å²) in [5.74, 6) is 1.02. The second-order valence-electron chi connectivity index (χ2n) is 4.70. The largest absolute Gasteiger partial charge is 0.274 e. The zero-order chi connectivity index (χ0) is 14.9. The van der Waals surface area contributed by atoms with E-state index < -0.39 is 10.0 Å². The molecule has 3 rings (SSSR count). The quantitative estimate of drug-likeness (QED) is 0.805. The molecular formula is C13H15BrN3O2S2+. The van der Waals surface area contributed by atoms with E-state index in [1.807, 2.05) is 24.4 Å². The van der Waals surface area contributed by atoms with Crippen molar-refractivity contribution in [1.29, 1.82) is 0 Å². The van der Waals surface area contributed by atoms with Gasteiger partial charge in [0.1, 0.15) is 4.21 Å². The minimum atomic E-state index is -3.36. The van der Waals surface area contributed by atoms with Crippen molar-refractivity contribution in [3.05, 3.63) is 40.3 Å². The van der Waals surface area contributed by atoms with E-state index in [4.69, 9.17) is 0 Å². The van der Waals surface area contributed by atoms with Crippen molar-refractivity contribution in [3.8, 4) is 0 Å². The van der Waals surface area contributed by atoms with Gasteiger partial charge in [-0.15, -0.1) is 11.3 Å². The van der Waals surface area contributed by atoms with Crippen LogP contribution in [0.25, 0.3) is 0 Å². The zero-order valence-corrected chi connectivity index (χ0v) is 14.4. The summed E-state index contributed by atoms with van der Waals surface area (Å²) >= 11 is 4.56. The van der Waals surface area contributed by atoms with E-state index in [0.717, 1.165) is 9.60 Å². The summed E-state index contributed by atoms with van der Waals surface area (Å²) in [5, 5.41) is 0. The van der Waals surface area contributed by atoms with Crippen molar-refractivity contribution < 1.29 is 13.4 Å². The highest BCUT2D eigenvalue weighted by Crippen LogP contribution is 2.29. The molecule has 5 nitrogen and oxygen atoms in total. The fraction of sp³-hybridized carbons (Fsp3) is 0.308. The molecule has 112 valence electrons. The lowest BCUT2D eigenvalue weighted by Gasteiger charge is -2.29. The second-order valence-corrected chi connectivity index (χ2v) is 9.33. The lowest BCUT2D eigenvalue weighted by molar-refractivity contribution is -0.364. The third-order valence-corrected chi connectivity index (χ3v) is 7.40. The molecule has 21 heavy (non-hydrogen) atoms. The van der Waals surface area contributed by atoms with Crippen LogP contribution in [0.15, 0.2) is 44.5 Å². The maximum absolute atomic E-state index is 12.5. The molecule has 2 aromatic heterocycles. The van der Waals surface area contributed by atoms with Crippen LogP contribution in [0.2, 0.25) is 0 Å². The van der Waals surface area contributed by atoms with Crippen molar-refractivity contribution >= 4 is 43.1 Å². The average Bonchev–Trinajstić information content (AvgIpc) is 2.96. The number of rotatable bonds is 3. The van der Waals surface area contributed by atoms with Crippen LogP contribution in [0, 0.1) is 0 Å². The Morgan fingerprint density at radius 2 is 1.86 bits per heavy atom. The van der Waals surface area contributed by atoms with Crippen LogP contribution in [0.1, 0.15) is 0 Å². The normalized spacial score (nSPS) is 17.1. The van der Waals surface area contributed by atoms with Gasteiger partial charge in [0.2, 0.25) is 0 Å². The van der Waals surface area contributed by atoms with Crippen LogP contribution in [-0.4, -0.2) is 38.9 Å². The molecule has 0 radical (unpaired) electrons. The van der Waals surface area contributed by atoms with Gasteiger partial charge in [-0.3, -0.25) is 4.90 Å². The molecule has 0 amide bonds. The third kappa shape index (κ3) is 3.13. The number of nitrogens with zero attached hydrogens (tertiary/aromatic N) is 2. The number of nitrogens with one attached hydrogen (secondary N) is 1. The predicted molar refractivity (Wildman–Crippen MR) is 86.0 cm³/mol. The topological polar surface area (TPSA) is 54.8 Å². The number of piperazine rings is 1. The van der Waals surface area contributed by atoms with E-state index in [-0.39, 0.29) is 0 Å². The predicted octanol–water partition coefficient (Wildman–Crippen LogP) is 1.84. The zero-order valence-electron chi connectivity index (χ0n) is 11.2. The number of aromatic amines is 1. The van der Waals surface area contributed by atoms with E-state index >= 15 is 0 Å². The van der Waals surface area contributed by atoms with Gasteiger partial charge >= 0.3 is 0 Å². The molecule has 1 fully saturated rings. The molecule has 0 unspecified atom stereocenters. The summed E-state index contributed by atoms with van der Waals surface area (Å²) in [4.78, 5) is 5.34. The molecule has 0 spiro atoms. The highest BCUT2D eigenvalue weighted by molar-refractivity contribution is 9.11. The second kappa shape index (κ2) is 6.04. The number of pyridine rings is 1. The number of anilines is 1. The number of thiophene rings is 1. The highest BCUT2D eigenvalue weighted by atomic mass is 79.9. The summed E-state index contributed by atoms with van der Waals surface area (Å²) in [6.07, 6.45) is 1.88. The van der Waals surface area contributed by atoms with E-state index in [0.29, 0.717) is 30.4 Å². The van der Waals surface area contributed by atoms with Crippen LogP contribution >= 0.6 is 27.3 Å². The molecule has 0 bridgehead atoms. The molecule has 0 atom stereocenters. The van der Waals surface area contributed by atoms with E-state index in [1.54, 1.807) is 16.4 Å². The lowest BCUT2D eigenvalue weighted by atomic mass is 10.3. The van der Waals surface area contributed by atoms with Gasteiger partial charge in [-0.2, -0.15) is 4.31 Å². The molecule has 3 heterocycles. The van der Waals surface area contributed by atoms with Crippen LogP contribution in [0.3, 0.4) is 0 Å². The van der Waals surface area contributed by atoms with Crippen molar-refractivity contribution in [2.45, 2.75) is 4.21 Å². The highest BCUT2D eigenvalue weighted by Gasteiger charge is 2.32. The molecule has 1 N–H and O–H groups in total. The summed E-state index contributed by atoms with van der Waals surface area (Å²) in [6, 6.07) is 9.33. The van der Waals surface area contributed by atoms with E-state index in [1.165, 1.54) is 11.3 Å². The molecule has 8 heteroatoms. The smallest absolute Gasteiger partial charge is 0.259 e. The number of hydrogen-bond donors (Lipinski definition) is 0. The number of H-pyrrole nitrogens is 1. The van der Waals surface area contributed by atoms with Crippen LogP contribution in [0.4, 0.5) is 5.82 Å². The Kier molecular flexibility index (Phi) is 4.30. The molecule has 1 saturated heterocycles. The van der Waals surface area contributed by atoms with Crippen LogP contribution in [-0.2, 0) is 10.0 Å². The van der Waals surface area contributed by atoms with Crippen molar-refractivity contribution in [2.24, 2.45) is 0 Å². The number of aromatic nitrogens is 1. The molecule has 0 aromatic carbocycles. The standard InChI is InChI=1S/C13H14BrN3O2S2/c14-11-4-5-13(20-11)21(18,19)17-9-7-16(8-10-17)12-3-1-2-6-15-12/h1-6H,7-10H2/p+1. The first kappa shape index (κ1) is 15.0. The Bertz CT molecular complexity index is 710. The number of hydrogen-bond acceptors (Lipinski definition) is 4. The lowest BCUT2D eigenvalue weighted by Crippen LogP contribution is -2.49. The summed E-state index contributed by atoms with van der Waals surface area (Å²) in [7, 11) is -3.36. The Labute approximate surface area is 136 Å². The van der Waals surface area contributed by atoms with Crippen molar-refractivity contribution in [1.82, 2.24) is 4.31 Å². The number of sulfonamides is 1. The van der Waals surface area contributed by atoms with Crippen molar-refractivity contribution in [3.63, 3.8) is 0 Å². The fourth-order valence-electron chi connectivity index (χ4n) is 2.31. The van der Waals surface area contributed by atoms with Crippen LogP contribution in [0.5, 0.6) is 0 Å². The van der Waals surface area contributed by atoms with E-state index in [2.05, 4.69) is 25.8 Å². The first-order valence-corrected chi connectivity index (χ1v) is 9.59. The van der Waals surface area contributed by atoms with Gasteiger partial charge < -0.3 is 0 Å². The molecule has 0 saturated carbocycles. The average molecular weight is 389 g/mol. The monoisotopic (exact) mass is 388 g/mol. The molecule has 2 aromatic rings. The molecular weight excluding hydrogens is 374 g/mol. The Morgan fingerprint density at radius 3 is 2.43 bits per heavy atom. The minimum absolute atomic E-state index is 0.397. The maximum atomic E-state index is 12.5. The molecule has 0 aliphatic carbocycles. The summed E-state index contributed by atoms with van der Waals surface area (Å²) in [5.41, 5.74) is 0. The SMILES string of the molecule is O=S(=O)(c1ccc(Br)s1)N1CCN(c2cccc[nH+]2)CC1. The van der Waals surface area contributed by atoms with Crippen molar-refractivity contribution in [2.75, 3.05) is 31.1 Å². The Balaban J connectivity index is 1.71. The van der Waals surface area contributed by atoms with Gasteiger partial charge in [-0.05, 0) is 34.1 Å². The van der Waals surface area contributed by atoms with Gasteiger partial charge in [0.05, 0.1) is 36.2 Å². The van der Waals surface area contributed by atoms with Crippen LogP contribution < -0.4 is 9.88 Å². The first-order valence-electron chi connectivity index (χ1n) is 6.54. The van der Waals surface area contributed by atoms with Gasteiger partial charge in [0.25, 0.3) is 15.8 Å². The number of halogens is 1. The van der Waals surface area contributed by atoms with Gasteiger partial charge in [0, 0.05) is 6.07 Å². The van der Waals surface area contributed by atoms with E-state index in [9.17, 15) is 8.42 Å². The van der Waals surface area contributed by atoms with Gasteiger partial charge in [-0.25, -0.2) is 13.4 Å². The van der Waals surface area contributed by atoms with Gasteiger partial charge in [-0.1, -0.05) is 6.07 Å². The minimum Gasteiger partial charge on any atom is -0.259 e. The molecule has 1 aliphatic heterocycles. The van der Waals surface area contributed by atoms with Gasteiger partial charge in [0.15, 0.2) is 0 Å².